The number of amides is 5. The second-order valence-corrected chi connectivity index (χ2v) is 18.7. The molecule has 0 bridgehead atoms. The molecule has 2 aliphatic heterocycles. The molecule has 3 N–H and O–H groups in total. The van der Waals surface area contributed by atoms with Crippen molar-refractivity contribution < 1.29 is 51.3 Å². The molecule has 354 valence electrons. The fourth-order valence-electron chi connectivity index (χ4n) is 7.18. The van der Waals surface area contributed by atoms with Crippen molar-refractivity contribution in [3.8, 4) is 17.6 Å². The van der Waals surface area contributed by atoms with Crippen molar-refractivity contribution in [2.75, 3.05) is 71.0 Å². The number of halogens is 1. The lowest BCUT2D eigenvalue weighted by Crippen LogP contribution is -2.54. The van der Waals surface area contributed by atoms with Crippen LogP contribution in [0, 0.1) is 18.8 Å². The van der Waals surface area contributed by atoms with Crippen LogP contribution in [0.1, 0.15) is 70.5 Å². The van der Waals surface area contributed by atoms with Gasteiger partial charge in [-0.3, -0.25) is 34.2 Å². The molecular formula is C47H52ClN7O11S. The van der Waals surface area contributed by atoms with E-state index >= 15 is 0 Å². The minimum atomic E-state index is -3.59. The zero-order valence-corrected chi connectivity index (χ0v) is 39.3. The van der Waals surface area contributed by atoms with Crippen LogP contribution >= 0.6 is 11.6 Å². The summed E-state index contributed by atoms with van der Waals surface area (Å²) in [5.41, 5.74) is 3.46. The summed E-state index contributed by atoms with van der Waals surface area (Å²) in [7, 11) is -0.309. The highest BCUT2D eigenvalue weighted by molar-refractivity contribution is 7.92. The van der Waals surface area contributed by atoms with E-state index in [2.05, 4.69) is 37.8 Å². The van der Waals surface area contributed by atoms with E-state index in [0.29, 0.717) is 42.3 Å². The average Bonchev–Trinajstić information content (AvgIpc) is 3.56. The average molecular weight is 958 g/mol. The Labute approximate surface area is 394 Å². The lowest BCUT2D eigenvalue weighted by atomic mass is 10.0. The molecule has 0 radical (unpaired) electrons. The van der Waals surface area contributed by atoms with Gasteiger partial charge in [-0.2, -0.15) is 4.98 Å². The molecule has 2 aliphatic rings. The van der Waals surface area contributed by atoms with Gasteiger partial charge in [-0.05, 0) is 81.1 Å². The summed E-state index contributed by atoms with van der Waals surface area (Å²) in [6, 6.07) is 14.0. The first-order chi connectivity index (χ1) is 32.1. The third kappa shape index (κ3) is 12.3. The van der Waals surface area contributed by atoms with Gasteiger partial charge in [-0.25, -0.2) is 13.4 Å². The summed E-state index contributed by atoms with van der Waals surface area (Å²) in [6.07, 6.45) is 2.27. The number of imide groups is 2. The number of carbonyl (C=O) groups excluding carboxylic acids is 5. The number of aryl methyl sites for hydroxylation is 1. The summed E-state index contributed by atoms with van der Waals surface area (Å²) >= 11 is 6.43. The van der Waals surface area contributed by atoms with Crippen molar-refractivity contribution in [1.29, 1.82) is 0 Å². The van der Waals surface area contributed by atoms with Gasteiger partial charge in [0, 0.05) is 25.6 Å². The first-order valence-electron chi connectivity index (χ1n) is 21.5. The van der Waals surface area contributed by atoms with Crippen LogP contribution < -0.4 is 20.7 Å². The van der Waals surface area contributed by atoms with Crippen LogP contribution in [0.3, 0.4) is 0 Å². The highest BCUT2D eigenvalue weighted by Crippen LogP contribution is 2.34. The topological polar surface area (TPSA) is 225 Å². The molecule has 1 saturated heterocycles. The van der Waals surface area contributed by atoms with Crippen LogP contribution in [0.5, 0.6) is 5.75 Å². The fraction of sp³-hybridized carbons (Fsp3) is 0.383. The van der Waals surface area contributed by atoms with E-state index < -0.39 is 44.8 Å². The molecule has 5 amide bonds. The molecule has 3 heterocycles. The Bertz CT molecular complexity index is 2700. The van der Waals surface area contributed by atoms with Crippen LogP contribution in [0.25, 0.3) is 0 Å². The van der Waals surface area contributed by atoms with Crippen LogP contribution in [-0.2, 0) is 44.9 Å². The number of aromatic nitrogens is 2. The van der Waals surface area contributed by atoms with Crippen LogP contribution in [-0.4, -0.2) is 129 Å². The number of likely N-dealkylation sites (N-methyl/N-ethyl adjacent to an activating group) is 1. The lowest BCUT2D eigenvalue weighted by molar-refractivity contribution is -0.136. The number of hydrogen-bond donors (Lipinski definition) is 3. The summed E-state index contributed by atoms with van der Waals surface area (Å²) in [5.74, 6) is 4.24. The van der Waals surface area contributed by atoms with E-state index in [0.717, 1.165) is 16.0 Å². The second-order valence-electron chi connectivity index (χ2n) is 15.8. The summed E-state index contributed by atoms with van der Waals surface area (Å²) < 4.78 is 48.4. The predicted octanol–water partition coefficient (Wildman–Crippen LogP) is 5.01. The molecule has 1 atom stereocenters. The van der Waals surface area contributed by atoms with E-state index in [4.69, 9.17) is 30.5 Å². The van der Waals surface area contributed by atoms with Crippen molar-refractivity contribution in [2.45, 2.75) is 62.6 Å². The summed E-state index contributed by atoms with van der Waals surface area (Å²) in [6.45, 7) is 7.02. The number of ether oxygens (including phenoxy) is 4. The number of piperidine rings is 1. The maximum atomic E-state index is 13.2. The van der Waals surface area contributed by atoms with Gasteiger partial charge in [0.15, 0.2) is 15.7 Å². The molecule has 20 heteroatoms. The van der Waals surface area contributed by atoms with Crippen LogP contribution in [0.15, 0.2) is 65.7 Å². The molecule has 0 spiro atoms. The highest BCUT2D eigenvalue weighted by atomic mass is 35.5. The van der Waals surface area contributed by atoms with Gasteiger partial charge in [0.05, 0.1) is 85.4 Å². The van der Waals surface area contributed by atoms with Gasteiger partial charge in [0.2, 0.25) is 23.7 Å². The summed E-state index contributed by atoms with van der Waals surface area (Å²) in [4.78, 5) is 74.5. The number of benzene rings is 3. The van der Waals surface area contributed by atoms with E-state index in [1.807, 2.05) is 19.1 Å². The Balaban J connectivity index is 0.878. The zero-order chi connectivity index (χ0) is 48.3. The highest BCUT2D eigenvalue weighted by Gasteiger charge is 2.45. The van der Waals surface area contributed by atoms with Crippen molar-refractivity contribution in [3.63, 3.8) is 0 Å². The number of nitrogens with zero attached hydrogens (tertiary/aromatic N) is 4. The Hall–Kier alpha value is -6.43. The third-order valence-corrected chi connectivity index (χ3v) is 13.4. The molecule has 4 aromatic rings. The molecule has 1 unspecified atom stereocenters. The Morgan fingerprint density at radius 2 is 1.70 bits per heavy atom. The molecule has 3 aromatic carbocycles. The first kappa shape index (κ1) is 50.0. The fourth-order valence-corrected chi connectivity index (χ4v) is 8.52. The minimum absolute atomic E-state index is 0.0326. The monoisotopic (exact) mass is 957 g/mol. The van der Waals surface area contributed by atoms with Gasteiger partial charge in [0.25, 0.3) is 11.8 Å². The van der Waals surface area contributed by atoms with Crippen molar-refractivity contribution in [1.82, 2.24) is 25.1 Å². The number of nitrogens with one attached hydrogen (secondary N) is 3. The smallest absolute Gasteiger partial charge is 0.263 e. The Morgan fingerprint density at radius 1 is 0.970 bits per heavy atom. The number of rotatable bonds is 21. The van der Waals surface area contributed by atoms with E-state index in [9.17, 15) is 32.4 Å². The molecular weight excluding hydrogens is 906 g/mol. The molecule has 1 fully saturated rings. The predicted molar refractivity (Wildman–Crippen MR) is 249 cm³/mol. The SMILES string of the molecule is COc1cc(CCN(C)C(=O)CCOCCOCCOCC#Cc2cccc3c2C(=O)N(C2CCC(=O)NC2=O)C3=O)c(C)cc1Nc1ncc(Cl)c(Nc2ccccc2S(=O)(=O)C(C)C)n1. The van der Waals surface area contributed by atoms with Gasteiger partial charge < -0.3 is 34.5 Å². The van der Waals surface area contributed by atoms with E-state index in [1.165, 1.54) is 18.3 Å². The van der Waals surface area contributed by atoms with Crippen molar-refractivity contribution >= 4 is 74.1 Å². The van der Waals surface area contributed by atoms with Crippen molar-refractivity contribution in [2.24, 2.45) is 0 Å². The number of anilines is 4. The quantitative estimate of drug-likeness (QED) is 0.0567. The number of carbonyl (C=O) groups is 5. The van der Waals surface area contributed by atoms with Gasteiger partial charge in [-0.1, -0.05) is 41.6 Å². The normalized spacial score (nSPS) is 14.7. The van der Waals surface area contributed by atoms with E-state index in [-0.39, 0.29) is 91.0 Å². The number of methoxy groups -OCH3 is 1. The standard InChI is InChI=1S/C47H52ClN7O11S/c1-29(2)67(61,62)39-14-7-6-13-35(39)50-43-34(48)28-49-47(53-43)51-36-26-30(3)32(27-38(36)63-5)17-19-54(4)41(57)18-21-65-23-25-66-24-22-64-20-9-11-31-10-8-12-33-42(31)46(60)55(45(33)59)37-15-16-40(56)52-44(37)58/h6-8,10,12-14,26-29,37H,15-25H2,1-5H3,(H,52,56,58)(H2,49,50,51,53). The number of para-hydroxylation sites is 1. The molecule has 6 rings (SSSR count). The molecule has 0 saturated carbocycles. The van der Waals surface area contributed by atoms with Gasteiger partial charge in [-0.15, -0.1) is 0 Å². The molecule has 0 aliphatic carbocycles. The van der Waals surface area contributed by atoms with Crippen LogP contribution in [0.4, 0.5) is 23.1 Å². The number of sulfone groups is 1. The molecule has 18 nitrogen and oxygen atoms in total. The lowest BCUT2D eigenvalue weighted by Gasteiger charge is -2.27. The zero-order valence-electron chi connectivity index (χ0n) is 37.8. The van der Waals surface area contributed by atoms with Crippen LogP contribution in [0.2, 0.25) is 5.02 Å². The number of hydrogen-bond acceptors (Lipinski definition) is 15. The maximum Gasteiger partial charge on any atom is 0.263 e. The minimum Gasteiger partial charge on any atom is -0.495 e. The second kappa shape index (κ2) is 22.8. The first-order valence-corrected chi connectivity index (χ1v) is 23.4. The molecule has 1 aromatic heterocycles. The van der Waals surface area contributed by atoms with Gasteiger partial charge >= 0.3 is 0 Å². The largest absolute Gasteiger partial charge is 0.495 e. The summed E-state index contributed by atoms with van der Waals surface area (Å²) in [5, 5.41) is 7.98. The van der Waals surface area contributed by atoms with Crippen molar-refractivity contribution in [3.05, 3.63) is 93.6 Å². The maximum absolute atomic E-state index is 13.2. The van der Waals surface area contributed by atoms with Gasteiger partial charge in [0.1, 0.15) is 23.4 Å². The van der Waals surface area contributed by atoms with E-state index in [1.54, 1.807) is 63.2 Å². The Kier molecular flexibility index (Phi) is 17.0. The third-order valence-electron chi connectivity index (χ3n) is 10.9. The molecule has 67 heavy (non-hydrogen) atoms. The Morgan fingerprint density at radius 3 is 2.43 bits per heavy atom. The number of fused-ring (bicyclic) bond motifs is 1.